The first-order valence-corrected chi connectivity index (χ1v) is 9.15. The number of amides is 1. The number of H-pyrrole nitrogens is 1. The molecule has 0 aliphatic rings. The zero-order valence-electron chi connectivity index (χ0n) is 16.0. The molecule has 3 heteroatoms. The summed E-state index contributed by atoms with van der Waals surface area (Å²) >= 11 is 0. The number of nitrogens with one attached hydrogen (secondary N) is 2. The van der Waals surface area contributed by atoms with Crippen molar-refractivity contribution >= 4 is 16.8 Å². The number of rotatable bonds is 4. The Hall–Kier alpha value is -2.55. The summed E-state index contributed by atoms with van der Waals surface area (Å²) in [6.45, 7) is 10.0. The van der Waals surface area contributed by atoms with Gasteiger partial charge in [-0.2, -0.15) is 0 Å². The fourth-order valence-electron chi connectivity index (χ4n) is 2.52. The lowest BCUT2D eigenvalue weighted by molar-refractivity contribution is 0.0936. The topological polar surface area (TPSA) is 44.9 Å². The zero-order valence-corrected chi connectivity index (χ0v) is 16.0. The Balaban J connectivity index is 0.000000730. The summed E-state index contributed by atoms with van der Waals surface area (Å²) in [6, 6.07) is 20.0. The lowest BCUT2D eigenvalue weighted by Gasteiger charge is -2.13. The van der Waals surface area contributed by atoms with Crippen molar-refractivity contribution in [1.29, 1.82) is 0 Å². The van der Waals surface area contributed by atoms with Crippen LogP contribution in [0.25, 0.3) is 10.9 Å². The van der Waals surface area contributed by atoms with E-state index in [1.54, 1.807) is 0 Å². The third-order valence-electron chi connectivity index (χ3n) is 3.54. The van der Waals surface area contributed by atoms with E-state index in [1.807, 2.05) is 83.1 Å². The third-order valence-corrected chi connectivity index (χ3v) is 3.54. The van der Waals surface area contributed by atoms with E-state index in [0.717, 1.165) is 17.3 Å². The van der Waals surface area contributed by atoms with Crippen LogP contribution in [0, 0.1) is 0 Å². The lowest BCUT2D eigenvalue weighted by Crippen LogP contribution is -2.34. The van der Waals surface area contributed by atoms with Crippen molar-refractivity contribution in [3.63, 3.8) is 0 Å². The van der Waals surface area contributed by atoms with Crippen LogP contribution in [0.4, 0.5) is 0 Å². The minimum absolute atomic E-state index is 0.0605. The number of hydrogen-bond acceptors (Lipinski definition) is 1. The molecule has 0 spiro atoms. The van der Waals surface area contributed by atoms with Gasteiger partial charge in [-0.15, -0.1) is 0 Å². The van der Waals surface area contributed by atoms with E-state index in [9.17, 15) is 4.79 Å². The Morgan fingerprint density at radius 2 is 1.56 bits per heavy atom. The molecule has 1 aromatic heterocycles. The number of carbonyl (C=O) groups excluding carboxylic acids is 1. The van der Waals surface area contributed by atoms with Crippen molar-refractivity contribution in [2.75, 3.05) is 0 Å². The summed E-state index contributed by atoms with van der Waals surface area (Å²) in [5, 5.41) is 4.09. The molecule has 2 N–H and O–H groups in total. The average Bonchev–Trinajstić information content (AvgIpc) is 3.10. The van der Waals surface area contributed by atoms with Crippen LogP contribution < -0.4 is 5.32 Å². The Morgan fingerprint density at radius 1 is 0.960 bits per heavy atom. The Bertz CT molecular complexity index is 714. The van der Waals surface area contributed by atoms with Gasteiger partial charge in [0.05, 0.1) is 0 Å². The van der Waals surface area contributed by atoms with Gasteiger partial charge in [0.25, 0.3) is 5.91 Å². The quantitative estimate of drug-likeness (QED) is 0.640. The van der Waals surface area contributed by atoms with E-state index in [1.165, 1.54) is 5.56 Å². The first kappa shape index (κ1) is 20.5. The van der Waals surface area contributed by atoms with E-state index >= 15 is 0 Å². The van der Waals surface area contributed by atoms with Crippen LogP contribution in [0.15, 0.2) is 60.7 Å². The molecule has 0 saturated heterocycles. The highest BCUT2D eigenvalue weighted by molar-refractivity contribution is 5.98. The summed E-state index contributed by atoms with van der Waals surface area (Å²) in [5.41, 5.74) is 2.82. The second-order valence-corrected chi connectivity index (χ2v) is 5.33. The molecule has 134 valence electrons. The number of aromatic amines is 1. The molecule has 3 rings (SSSR count). The predicted octanol–water partition coefficient (Wildman–Crippen LogP) is 5.58. The van der Waals surface area contributed by atoms with Crippen molar-refractivity contribution < 1.29 is 4.79 Å². The van der Waals surface area contributed by atoms with Crippen LogP contribution >= 0.6 is 0 Å². The fourth-order valence-corrected chi connectivity index (χ4v) is 2.52. The van der Waals surface area contributed by atoms with Crippen LogP contribution in [0.2, 0.25) is 0 Å². The molecule has 0 bridgehead atoms. The Morgan fingerprint density at radius 3 is 2.20 bits per heavy atom. The normalized spacial score (nSPS) is 10.8. The third kappa shape index (κ3) is 6.11. The highest BCUT2D eigenvalue weighted by Crippen LogP contribution is 2.14. The standard InChI is InChI=1S/C18H18N2O.2C2H6/c1-13(11-14-7-3-2-4-8-14)19-18(21)17-12-15-9-5-6-10-16(15)20-17;2*1-2/h2-10,12-13,20H,11H2,1H3,(H,19,21);2*1-2H3. The van der Waals surface area contributed by atoms with E-state index in [-0.39, 0.29) is 11.9 Å². The van der Waals surface area contributed by atoms with Gasteiger partial charge in [-0.25, -0.2) is 0 Å². The second kappa shape index (κ2) is 11.1. The molecular formula is C22H30N2O. The van der Waals surface area contributed by atoms with Gasteiger partial charge >= 0.3 is 0 Å². The van der Waals surface area contributed by atoms with Crippen molar-refractivity contribution in [2.24, 2.45) is 0 Å². The molecule has 25 heavy (non-hydrogen) atoms. The number of aromatic nitrogens is 1. The van der Waals surface area contributed by atoms with E-state index in [0.29, 0.717) is 5.69 Å². The number of fused-ring (bicyclic) bond motifs is 1. The molecule has 0 aliphatic carbocycles. The van der Waals surface area contributed by atoms with E-state index in [2.05, 4.69) is 22.4 Å². The van der Waals surface area contributed by atoms with Gasteiger partial charge < -0.3 is 10.3 Å². The van der Waals surface area contributed by atoms with Crippen molar-refractivity contribution in [3.05, 3.63) is 71.9 Å². The summed E-state index contributed by atoms with van der Waals surface area (Å²) < 4.78 is 0. The lowest BCUT2D eigenvalue weighted by atomic mass is 10.1. The van der Waals surface area contributed by atoms with Crippen molar-refractivity contribution in [3.8, 4) is 0 Å². The summed E-state index contributed by atoms with van der Waals surface area (Å²) in [5.74, 6) is -0.0605. The monoisotopic (exact) mass is 338 g/mol. The maximum absolute atomic E-state index is 12.3. The van der Waals surface area contributed by atoms with Crippen LogP contribution in [-0.4, -0.2) is 16.9 Å². The SMILES string of the molecule is CC.CC.CC(Cc1ccccc1)NC(=O)c1cc2ccccc2[nH]1. The first-order chi connectivity index (χ1) is 12.2. The minimum atomic E-state index is -0.0605. The predicted molar refractivity (Wildman–Crippen MR) is 108 cm³/mol. The van der Waals surface area contributed by atoms with Gasteiger partial charge in [0.1, 0.15) is 5.69 Å². The van der Waals surface area contributed by atoms with Crippen LogP contribution in [0.5, 0.6) is 0 Å². The molecule has 1 atom stereocenters. The van der Waals surface area contributed by atoms with Crippen LogP contribution in [-0.2, 0) is 6.42 Å². The zero-order chi connectivity index (χ0) is 18.7. The molecule has 2 aromatic carbocycles. The number of carbonyl (C=O) groups is 1. The van der Waals surface area contributed by atoms with Gasteiger partial charge in [0.15, 0.2) is 0 Å². The highest BCUT2D eigenvalue weighted by atomic mass is 16.1. The molecule has 0 radical (unpaired) electrons. The number of benzene rings is 2. The highest BCUT2D eigenvalue weighted by Gasteiger charge is 2.12. The van der Waals surface area contributed by atoms with Gasteiger partial charge in [-0.3, -0.25) is 4.79 Å². The first-order valence-electron chi connectivity index (χ1n) is 9.15. The molecule has 1 amide bonds. The summed E-state index contributed by atoms with van der Waals surface area (Å²) in [7, 11) is 0. The fraction of sp³-hybridized carbons (Fsp3) is 0.318. The smallest absolute Gasteiger partial charge is 0.267 e. The molecule has 1 heterocycles. The van der Waals surface area contributed by atoms with Gasteiger partial charge in [-0.1, -0.05) is 76.2 Å². The second-order valence-electron chi connectivity index (χ2n) is 5.33. The van der Waals surface area contributed by atoms with Gasteiger partial charge in [0, 0.05) is 16.9 Å². The number of para-hydroxylation sites is 1. The average molecular weight is 338 g/mol. The van der Waals surface area contributed by atoms with Crippen molar-refractivity contribution in [2.45, 2.75) is 47.1 Å². The largest absolute Gasteiger partial charge is 0.351 e. The molecular weight excluding hydrogens is 308 g/mol. The van der Waals surface area contributed by atoms with E-state index < -0.39 is 0 Å². The maximum Gasteiger partial charge on any atom is 0.267 e. The minimum Gasteiger partial charge on any atom is -0.351 e. The Labute approximate surface area is 151 Å². The molecule has 3 aromatic rings. The molecule has 0 saturated carbocycles. The van der Waals surface area contributed by atoms with Gasteiger partial charge in [-0.05, 0) is 31.0 Å². The molecule has 0 fully saturated rings. The summed E-state index contributed by atoms with van der Waals surface area (Å²) in [4.78, 5) is 15.4. The molecule has 0 aliphatic heterocycles. The molecule has 1 unspecified atom stereocenters. The van der Waals surface area contributed by atoms with Crippen molar-refractivity contribution in [1.82, 2.24) is 10.3 Å². The van der Waals surface area contributed by atoms with Crippen LogP contribution in [0.1, 0.15) is 50.7 Å². The molecule has 3 nitrogen and oxygen atoms in total. The van der Waals surface area contributed by atoms with Gasteiger partial charge in [0.2, 0.25) is 0 Å². The van der Waals surface area contributed by atoms with Crippen LogP contribution in [0.3, 0.4) is 0 Å². The maximum atomic E-state index is 12.3. The number of hydrogen-bond donors (Lipinski definition) is 2. The summed E-state index contributed by atoms with van der Waals surface area (Å²) in [6.07, 6.45) is 0.826. The van der Waals surface area contributed by atoms with E-state index in [4.69, 9.17) is 0 Å². The Kier molecular flexibility index (Phi) is 9.09.